The first-order valence-electron chi connectivity index (χ1n) is 43.8. The fourth-order valence-electron chi connectivity index (χ4n) is 12.8. The van der Waals surface area contributed by atoms with Crippen molar-refractivity contribution in [3.63, 3.8) is 0 Å². The lowest BCUT2D eigenvalue weighted by Crippen LogP contribution is -2.30. The number of aliphatic hydroxyl groups excluding tert-OH is 1. The molecule has 0 radical (unpaired) electrons. The molecule has 0 saturated heterocycles. The van der Waals surface area contributed by atoms with Crippen LogP contribution in [-0.4, -0.2) is 96.7 Å². The number of unbranched alkanes of at least 4 members (excludes halogenated alkanes) is 49. The lowest BCUT2D eigenvalue weighted by Gasteiger charge is -2.21. The van der Waals surface area contributed by atoms with Crippen molar-refractivity contribution in [1.82, 2.24) is 0 Å². The third-order valence-electron chi connectivity index (χ3n) is 19.9. The summed E-state index contributed by atoms with van der Waals surface area (Å²) < 4.78 is 68.9. The number of rotatable bonds is 83. The highest BCUT2D eigenvalue weighted by Gasteiger charge is 2.30. The van der Waals surface area contributed by atoms with E-state index in [4.69, 9.17) is 37.0 Å². The van der Waals surface area contributed by atoms with Gasteiger partial charge in [-0.3, -0.25) is 37.3 Å². The van der Waals surface area contributed by atoms with Gasteiger partial charge in [-0.05, 0) is 63.2 Å². The molecule has 0 aliphatic rings. The van der Waals surface area contributed by atoms with Crippen LogP contribution >= 0.6 is 15.6 Å². The van der Waals surface area contributed by atoms with E-state index >= 15 is 0 Å². The molecule has 0 aromatic heterocycles. The Kier molecular flexibility index (Phi) is 75.1. The van der Waals surface area contributed by atoms with E-state index in [9.17, 15) is 43.2 Å². The molecule has 3 unspecified atom stereocenters. The molecule has 17 nitrogen and oxygen atoms in total. The highest BCUT2D eigenvalue weighted by Crippen LogP contribution is 2.45. The second kappa shape index (κ2) is 76.9. The first kappa shape index (κ1) is 103. The van der Waals surface area contributed by atoms with Crippen molar-refractivity contribution in [2.45, 2.75) is 452 Å². The zero-order valence-electron chi connectivity index (χ0n) is 68.5. The van der Waals surface area contributed by atoms with Crippen LogP contribution in [0, 0.1) is 11.8 Å². The predicted octanol–water partition coefficient (Wildman–Crippen LogP) is 25.8. The summed E-state index contributed by atoms with van der Waals surface area (Å²) in [6, 6.07) is 0. The van der Waals surface area contributed by atoms with Gasteiger partial charge < -0.3 is 33.8 Å². The van der Waals surface area contributed by atoms with Gasteiger partial charge in [0.1, 0.15) is 19.3 Å². The molecule has 0 aromatic carbocycles. The predicted molar refractivity (Wildman–Crippen MR) is 432 cm³/mol. The Morgan fingerprint density at radius 2 is 0.562 bits per heavy atom. The second-order valence-corrected chi connectivity index (χ2v) is 33.9. The van der Waals surface area contributed by atoms with Crippen molar-refractivity contribution in [1.29, 1.82) is 0 Å². The van der Waals surface area contributed by atoms with Gasteiger partial charge in [-0.2, -0.15) is 0 Å². The maximum absolute atomic E-state index is 13.1. The van der Waals surface area contributed by atoms with Crippen LogP contribution in [0.1, 0.15) is 433 Å². The van der Waals surface area contributed by atoms with E-state index in [1.54, 1.807) is 0 Å². The summed E-state index contributed by atoms with van der Waals surface area (Å²) in [5.41, 5.74) is 0. The van der Waals surface area contributed by atoms with Gasteiger partial charge in [0.05, 0.1) is 26.4 Å². The van der Waals surface area contributed by atoms with Gasteiger partial charge in [0.15, 0.2) is 12.2 Å². The SMILES string of the molecule is CCCCCC/C=C\C=C/CCCCCCCC(=O)O[C@H](COC(=O)CCCCCCCCCCC(C)CC)COP(=O)(O)OC[C@H](O)COP(=O)(O)OC[C@@H](COC(=O)CCCCCCCCCCCCCCCCC(C)C)OC(=O)CCCCCCCCCCCCCCCCCCCCCCC. The molecular formula is C86H164O17P2. The number of phosphoric acid groups is 2. The molecule has 0 spiro atoms. The Bertz CT molecular complexity index is 2110. The molecule has 19 heteroatoms. The van der Waals surface area contributed by atoms with Gasteiger partial charge >= 0.3 is 39.5 Å². The van der Waals surface area contributed by atoms with Crippen LogP contribution in [0.25, 0.3) is 0 Å². The highest BCUT2D eigenvalue weighted by molar-refractivity contribution is 7.47. The first-order chi connectivity index (χ1) is 50.9. The summed E-state index contributed by atoms with van der Waals surface area (Å²) in [4.78, 5) is 73.2. The molecule has 3 N–H and O–H groups in total. The molecule has 0 amide bonds. The van der Waals surface area contributed by atoms with E-state index in [0.29, 0.717) is 25.7 Å². The largest absolute Gasteiger partial charge is 0.472 e. The molecule has 0 aliphatic heterocycles. The Morgan fingerprint density at radius 3 is 0.857 bits per heavy atom. The fourth-order valence-corrected chi connectivity index (χ4v) is 14.4. The van der Waals surface area contributed by atoms with Gasteiger partial charge in [-0.15, -0.1) is 0 Å². The summed E-state index contributed by atoms with van der Waals surface area (Å²) in [5.74, 6) is -0.561. The van der Waals surface area contributed by atoms with E-state index in [-0.39, 0.29) is 25.7 Å². The minimum atomic E-state index is -4.97. The molecular weight excluding hydrogens is 1370 g/mol. The van der Waals surface area contributed by atoms with Crippen molar-refractivity contribution in [2.24, 2.45) is 11.8 Å². The summed E-state index contributed by atoms with van der Waals surface area (Å²) in [6.07, 6.45) is 71.6. The van der Waals surface area contributed by atoms with E-state index in [1.165, 1.54) is 238 Å². The summed E-state index contributed by atoms with van der Waals surface area (Å²) in [7, 11) is -9.94. The first-order valence-corrected chi connectivity index (χ1v) is 46.8. The van der Waals surface area contributed by atoms with Crippen molar-refractivity contribution < 1.29 is 80.2 Å². The zero-order valence-corrected chi connectivity index (χ0v) is 70.3. The molecule has 620 valence electrons. The van der Waals surface area contributed by atoms with Crippen molar-refractivity contribution in [3.8, 4) is 0 Å². The minimum Gasteiger partial charge on any atom is -0.462 e. The van der Waals surface area contributed by atoms with Crippen LogP contribution in [0.15, 0.2) is 24.3 Å². The smallest absolute Gasteiger partial charge is 0.462 e. The number of carbonyl (C=O) groups excluding carboxylic acids is 4. The summed E-state index contributed by atoms with van der Waals surface area (Å²) >= 11 is 0. The number of allylic oxidation sites excluding steroid dienone is 4. The standard InChI is InChI=1S/C86H164O17P2/c1-7-10-12-14-16-18-20-22-24-25-26-27-28-29-31-37-41-45-53-59-65-71-85(90)102-81(74-96-83(88)68-62-56-50-43-39-35-33-32-34-38-42-48-54-60-66-78(4)5)76-100-104(92,93)98-72-80(87)73-99-105(94,95)101-77-82(75-97-84(89)69-63-57-51-47-46-49-55-61-67-79(6)9-3)103-86(91)70-64-58-52-44-40-36-30-23-21-19-17-15-13-11-8-2/h19,21,23,30,78-82,87H,7-18,20,22,24-29,31-77H2,1-6H3,(H,92,93)(H,94,95)/b21-19-,30-23-/t79?,80-,81-,82-/m1/s1. The number of carbonyl (C=O) groups is 4. The molecule has 105 heavy (non-hydrogen) atoms. The average Bonchev–Trinajstić information content (AvgIpc) is 0.936. The van der Waals surface area contributed by atoms with E-state index < -0.39 is 97.5 Å². The molecule has 6 atom stereocenters. The molecule has 0 bridgehead atoms. The Hall–Kier alpha value is -2.46. The molecule has 0 rings (SSSR count). The molecule has 0 aliphatic carbocycles. The third-order valence-corrected chi connectivity index (χ3v) is 21.8. The monoisotopic (exact) mass is 1530 g/mol. The zero-order chi connectivity index (χ0) is 77.1. The van der Waals surface area contributed by atoms with Crippen LogP contribution in [0.4, 0.5) is 0 Å². The number of hydrogen-bond acceptors (Lipinski definition) is 15. The van der Waals surface area contributed by atoms with E-state index in [0.717, 1.165) is 115 Å². The summed E-state index contributed by atoms with van der Waals surface area (Å²) in [6.45, 7) is 9.62. The van der Waals surface area contributed by atoms with Crippen LogP contribution < -0.4 is 0 Å². The quantitative estimate of drug-likeness (QED) is 0.0169. The summed E-state index contributed by atoms with van der Waals surface area (Å²) in [5, 5.41) is 10.7. The van der Waals surface area contributed by atoms with Crippen LogP contribution in [0.2, 0.25) is 0 Å². The number of esters is 4. The molecule has 0 aromatic rings. The Morgan fingerprint density at radius 1 is 0.314 bits per heavy atom. The Labute approximate surface area is 643 Å². The van der Waals surface area contributed by atoms with Crippen LogP contribution in [0.3, 0.4) is 0 Å². The molecule has 0 heterocycles. The van der Waals surface area contributed by atoms with E-state index in [2.05, 4.69) is 65.8 Å². The van der Waals surface area contributed by atoms with Crippen molar-refractivity contribution in [3.05, 3.63) is 24.3 Å². The highest BCUT2D eigenvalue weighted by atomic mass is 31.2. The van der Waals surface area contributed by atoms with E-state index in [1.807, 2.05) is 0 Å². The number of aliphatic hydroxyl groups is 1. The van der Waals surface area contributed by atoms with Crippen LogP contribution in [-0.2, 0) is 65.4 Å². The molecule has 0 saturated carbocycles. The lowest BCUT2D eigenvalue weighted by atomic mass is 9.99. The van der Waals surface area contributed by atoms with Gasteiger partial charge in [0, 0.05) is 25.7 Å². The topological polar surface area (TPSA) is 237 Å². The third kappa shape index (κ3) is 78.0. The number of phosphoric ester groups is 2. The van der Waals surface area contributed by atoms with Crippen molar-refractivity contribution >= 4 is 39.5 Å². The van der Waals surface area contributed by atoms with Gasteiger partial charge in [0.25, 0.3) is 0 Å². The van der Waals surface area contributed by atoms with Gasteiger partial charge in [-0.25, -0.2) is 9.13 Å². The lowest BCUT2D eigenvalue weighted by molar-refractivity contribution is -0.161. The van der Waals surface area contributed by atoms with Gasteiger partial charge in [-0.1, -0.05) is 380 Å². The molecule has 0 fully saturated rings. The van der Waals surface area contributed by atoms with Gasteiger partial charge in [0.2, 0.25) is 0 Å². The fraction of sp³-hybridized carbons (Fsp3) is 0.907. The van der Waals surface area contributed by atoms with Crippen LogP contribution in [0.5, 0.6) is 0 Å². The second-order valence-electron chi connectivity index (χ2n) is 31.0. The average molecular weight is 1530 g/mol. The number of hydrogen-bond donors (Lipinski definition) is 3. The van der Waals surface area contributed by atoms with Crippen molar-refractivity contribution in [2.75, 3.05) is 39.6 Å². The minimum absolute atomic E-state index is 0.0848. The Balaban J connectivity index is 5.28. The maximum atomic E-state index is 13.1. The number of ether oxygens (including phenoxy) is 4. The normalized spacial score (nSPS) is 14.2. The maximum Gasteiger partial charge on any atom is 0.472 e.